The smallest absolute Gasteiger partial charge is 0.0916 e. The first-order valence-electron chi connectivity index (χ1n) is 4.53. The maximum Gasteiger partial charge on any atom is 0.0916 e. The van der Waals surface area contributed by atoms with E-state index in [2.05, 4.69) is 17.5 Å². The second kappa shape index (κ2) is 4.31. The van der Waals surface area contributed by atoms with Gasteiger partial charge in [0.2, 0.25) is 0 Å². The SMILES string of the molecule is SCC[N+]12CCN(CC1)CC2.[Br-]. The van der Waals surface area contributed by atoms with E-state index in [9.17, 15) is 0 Å². The van der Waals surface area contributed by atoms with Gasteiger partial charge < -0.3 is 21.5 Å². The monoisotopic (exact) mass is 252 g/mol. The molecule has 3 aliphatic rings. The molecule has 4 heteroatoms. The minimum Gasteiger partial charge on any atom is -1.00 e. The van der Waals surface area contributed by atoms with Crippen LogP contribution in [0, 0.1) is 0 Å². The van der Waals surface area contributed by atoms with E-state index in [1.807, 2.05) is 0 Å². The molecule has 0 aromatic carbocycles. The Kier molecular flexibility index (Phi) is 3.89. The molecule has 0 aromatic rings. The molecule has 0 aliphatic carbocycles. The van der Waals surface area contributed by atoms with Crippen molar-refractivity contribution < 1.29 is 21.5 Å². The fourth-order valence-corrected chi connectivity index (χ4v) is 2.70. The van der Waals surface area contributed by atoms with Crippen molar-refractivity contribution in [2.24, 2.45) is 0 Å². The molecule has 3 rings (SSSR count). The van der Waals surface area contributed by atoms with E-state index in [-0.39, 0.29) is 17.0 Å². The molecular weight excluding hydrogens is 236 g/mol. The number of hydrogen-bond acceptors (Lipinski definition) is 2. The third kappa shape index (κ3) is 1.97. The highest BCUT2D eigenvalue weighted by Crippen LogP contribution is 2.18. The Labute approximate surface area is 90.7 Å². The molecule has 3 saturated heterocycles. The number of quaternary nitrogens is 1. The summed E-state index contributed by atoms with van der Waals surface area (Å²) in [6, 6.07) is 0. The molecule has 3 aliphatic heterocycles. The van der Waals surface area contributed by atoms with Gasteiger partial charge in [-0.1, -0.05) is 0 Å². The van der Waals surface area contributed by atoms with Crippen molar-refractivity contribution in [3.05, 3.63) is 0 Å². The zero-order chi connectivity index (χ0) is 7.73. The molecule has 0 aromatic heterocycles. The second-order valence-electron chi connectivity index (χ2n) is 3.80. The van der Waals surface area contributed by atoms with E-state index in [4.69, 9.17) is 0 Å². The fraction of sp³-hybridized carbons (Fsp3) is 1.00. The molecule has 0 radical (unpaired) electrons. The van der Waals surface area contributed by atoms with Crippen LogP contribution in [-0.4, -0.2) is 60.9 Å². The Morgan fingerprint density at radius 3 is 2.00 bits per heavy atom. The molecule has 0 N–H and O–H groups in total. The van der Waals surface area contributed by atoms with E-state index in [0.717, 1.165) is 5.75 Å². The van der Waals surface area contributed by atoms with Gasteiger partial charge in [-0.15, -0.1) is 0 Å². The normalized spacial score (nSPS) is 39.2. The summed E-state index contributed by atoms with van der Waals surface area (Å²) in [6.07, 6.45) is 0. The number of fused-ring (bicyclic) bond motifs is 3. The van der Waals surface area contributed by atoms with Crippen LogP contribution in [0.5, 0.6) is 0 Å². The summed E-state index contributed by atoms with van der Waals surface area (Å²) in [6.45, 7) is 9.40. The van der Waals surface area contributed by atoms with E-state index in [0.29, 0.717) is 0 Å². The molecule has 3 heterocycles. The molecule has 0 spiro atoms. The maximum atomic E-state index is 4.33. The largest absolute Gasteiger partial charge is 1.00 e. The van der Waals surface area contributed by atoms with Crippen molar-refractivity contribution in [1.29, 1.82) is 0 Å². The summed E-state index contributed by atoms with van der Waals surface area (Å²) >= 11 is 4.33. The molecule has 0 saturated carbocycles. The van der Waals surface area contributed by atoms with Crippen molar-refractivity contribution in [3.8, 4) is 0 Å². The average Bonchev–Trinajstić information content (AvgIpc) is 2.07. The minimum atomic E-state index is 0. The number of hydrogen-bond donors (Lipinski definition) is 1. The van der Waals surface area contributed by atoms with Crippen molar-refractivity contribution in [2.75, 3.05) is 51.6 Å². The van der Waals surface area contributed by atoms with E-state index in [1.54, 1.807) is 0 Å². The summed E-state index contributed by atoms with van der Waals surface area (Å²) in [5.41, 5.74) is 0. The van der Waals surface area contributed by atoms with E-state index in [1.165, 1.54) is 50.3 Å². The quantitative estimate of drug-likeness (QED) is 0.407. The Balaban J connectivity index is 0.000000720. The van der Waals surface area contributed by atoms with Crippen molar-refractivity contribution >= 4 is 12.6 Å². The molecule has 3 fully saturated rings. The van der Waals surface area contributed by atoms with Crippen LogP contribution in [0.1, 0.15) is 0 Å². The van der Waals surface area contributed by atoms with Crippen molar-refractivity contribution in [2.45, 2.75) is 0 Å². The lowest BCUT2D eigenvalue weighted by Crippen LogP contribution is -3.00. The highest BCUT2D eigenvalue weighted by molar-refractivity contribution is 7.80. The highest BCUT2D eigenvalue weighted by Gasteiger charge is 2.37. The lowest BCUT2D eigenvalue weighted by molar-refractivity contribution is -0.938. The predicted octanol–water partition coefficient (Wildman–Crippen LogP) is -2.93. The topological polar surface area (TPSA) is 3.24 Å². The number of nitrogens with zero attached hydrogens (tertiary/aromatic N) is 2. The molecule has 0 unspecified atom stereocenters. The molecule has 2 bridgehead atoms. The molecule has 0 atom stereocenters. The third-order valence-corrected chi connectivity index (χ3v) is 3.45. The molecule has 72 valence electrons. The van der Waals surface area contributed by atoms with Gasteiger partial charge in [0.05, 0.1) is 26.2 Å². The van der Waals surface area contributed by atoms with Gasteiger partial charge in [-0.3, -0.25) is 4.90 Å². The third-order valence-electron chi connectivity index (χ3n) is 3.25. The van der Waals surface area contributed by atoms with Gasteiger partial charge in [-0.25, -0.2) is 0 Å². The zero-order valence-electron chi connectivity index (χ0n) is 7.38. The summed E-state index contributed by atoms with van der Waals surface area (Å²) in [7, 11) is 0. The summed E-state index contributed by atoms with van der Waals surface area (Å²) in [5, 5.41) is 0. The molecule has 0 amide bonds. The fourth-order valence-electron chi connectivity index (χ4n) is 2.28. The van der Waals surface area contributed by atoms with Crippen LogP contribution in [0.3, 0.4) is 0 Å². The number of piperazine rings is 3. The summed E-state index contributed by atoms with van der Waals surface area (Å²) < 4.78 is 1.36. The van der Waals surface area contributed by atoms with Crippen LogP contribution in [0.15, 0.2) is 0 Å². The van der Waals surface area contributed by atoms with Crippen LogP contribution in [-0.2, 0) is 0 Å². The highest BCUT2D eigenvalue weighted by atomic mass is 79.9. The second-order valence-corrected chi connectivity index (χ2v) is 4.25. The van der Waals surface area contributed by atoms with Gasteiger partial charge in [0.1, 0.15) is 0 Å². The first-order valence-corrected chi connectivity index (χ1v) is 5.16. The minimum absolute atomic E-state index is 0. The van der Waals surface area contributed by atoms with Crippen LogP contribution in [0.2, 0.25) is 0 Å². The first kappa shape index (κ1) is 10.8. The molecule has 12 heavy (non-hydrogen) atoms. The van der Waals surface area contributed by atoms with Crippen LogP contribution >= 0.6 is 12.6 Å². The number of halogens is 1. The zero-order valence-corrected chi connectivity index (χ0v) is 9.86. The van der Waals surface area contributed by atoms with E-state index < -0.39 is 0 Å². The van der Waals surface area contributed by atoms with Gasteiger partial charge in [0, 0.05) is 25.4 Å². The Morgan fingerprint density at radius 1 is 1.08 bits per heavy atom. The number of thiol groups is 1. The van der Waals surface area contributed by atoms with Gasteiger partial charge in [-0.05, 0) is 0 Å². The van der Waals surface area contributed by atoms with Crippen molar-refractivity contribution in [1.82, 2.24) is 4.90 Å². The van der Waals surface area contributed by atoms with Gasteiger partial charge in [-0.2, -0.15) is 12.6 Å². The predicted molar refractivity (Wildman–Crippen MR) is 50.0 cm³/mol. The number of rotatable bonds is 2. The van der Waals surface area contributed by atoms with E-state index >= 15 is 0 Å². The van der Waals surface area contributed by atoms with Crippen molar-refractivity contribution in [3.63, 3.8) is 0 Å². The lowest BCUT2D eigenvalue weighted by atomic mass is 10.1. The Hall–Kier alpha value is 0.750. The first-order chi connectivity index (χ1) is 5.35. The van der Waals surface area contributed by atoms with Crippen LogP contribution in [0.4, 0.5) is 0 Å². The van der Waals surface area contributed by atoms with Crippen LogP contribution in [0.25, 0.3) is 0 Å². The maximum absolute atomic E-state index is 4.33. The summed E-state index contributed by atoms with van der Waals surface area (Å²) in [4.78, 5) is 2.58. The summed E-state index contributed by atoms with van der Waals surface area (Å²) in [5.74, 6) is 1.06. The average molecular weight is 253 g/mol. The van der Waals surface area contributed by atoms with Gasteiger partial charge in [0.15, 0.2) is 0 Å². The lowest BCUT2D eigenvalue weighted by Gasteiger charge is -2.50. The Morgan fingerprint density at radius 2 is 1.58 bits per heavy atom. The van der Waals surface area contributed by atoms with Crippen LogP contribution < -0.4 is 17.0 Å². The Bertz CT molecular complexity index is 126. The molecule has 2 nitrogen and oxygen atoms in total. The standard InChI is InChI=1S/C8H16N2S.BrH/c11-8-7-10-4-1-9(2-5-10)3-6-10;/h1-8H2;1H. The van der Waals surface area contributed by atoms with Gasteiger partial charge in [0.25, 0.3) is 0 Å². The van der Waals surface area contributed by atoms with Gasteiger partial charge >= 0.3 is 0 Å². The molecular formula is C8H17BrN2S.